The molecule has 0 aliphatic rings. The van der Waals surface area contributed by atoms with Crippen molar-refractivity contribution < 1.29 is 51.8 Å². The predicted octanol–water partition coefficient (Wildman–Crippen LogP) is 5.32. The molecule has 1 aromatic rings. The molecule has 17 heteroatoms. The summed E-state index contributed by atoms with van der Waals surface area (Å²) in [4.78, 5) is 1.56. The van der Waals surface area contributed by atoms with E-state index in [2.05, 4.69) is 17.5 Å². The van der Waals surface area contributed by atoms with Gasteiger partial charge in [0.25, 0.3) is 0 Å². The zero-order valence-corrected chi connectivity index (χ0v) is 14.6. The zero-order chi connectivity index (χ0) is 18.6. The Bertz CT molecular complexity index is 299. The van der Waals surface area contributed by atoms with Crippen LogP contribution in [0.1, 0.15) is 4.88 Å². The Labute approximate surface area is 155 Å². The fourth-order valence-electron chi connectivity index (χ4n) is 0.514. The number of thiophene rings is 1. The van der Waals surface area contributed by atoms with Crippen molar-refractivity contribution >= 4 is 82.1 Å². The Kier molecular flexibility index (Phi) is 16.3. The van der Waals surface area contributed by atoms with Crippen molar-refractivity contribution in [2.24, 2.45) is 0 Å². The molecule has 0 radical (unpaired) electrons. The standard InChI is InChI=1S/C5H5S.3BF4.K/c1-5-3-2-4-6-5;3*2-1(3,4)5;/h2-4H,1H2;;;;/q;3*-1;. The summed E-state index contributed by atoms with van der Waals surface area (Å²) >= 11 is 2.87. The van der Waals surface area contributed by atoms with E-state index >= 15 is 0 Å². The van der Waals surface area contributed by atoms with Crippen molar-refractivity contribution in [1.82, 2.24) is 0 Å². The van der Waals surface area contributed by atoms with Crippen molar-refractivity contribution in [3.05, 3.63) is 22.4 Å². The molecular weight excluding hydrogens is 392 g/mol. The molecule has 0 aromatic carbocycles. The topological polar surface area (TPSA) is 0 Å². The molecule has 0 amide bonds. The summed E-state index contributed by atoms with van der Waals surface area (Å²) in [5, 5.41) is 2.14. The van der Waals surface area contributed by atoms with Gasteiger partial charge in [-0.25, -0.2) is 0 Å². The molecule has 0 aliphatic carbocycles. The molecule has 0 unspecified atom stereocenters. The molecule has 0 fully saturated rings. The first-order chi connectivity index (χ1) is 9.43. The Morgan fingerprint density at radius 3 is 1.09 bits per heavy atom. The molecule has 0 nitrogen and oxygen atoms in total. The van der Waals surface area contributed by atoms with E-state index in [1.165, 1.54) is 0.515 Å². The Morgan fingerprint density at radius 1 is 0.727 bits per heavy atom. The van der Waals surface area contributed by atoms with Crippen molar-refractivity contribution in [3.8, 4) is 0 Å². The monoisotopic (exact) mass is 397 g/mol. The van der Waals surface area contributed by atoms with Crippen molar-refractivity contribution in [3.63, 3.8) is 0 Å². The molecule has 0 N–H and O–H groups in total. The van der Waals surface area contributed by atoms with E-state index in [1.54, 1.807) is 4.88 Å². The van der Waals surface area contributed by atoms with Crippen LogP contribution in [0.5, 0.6) is 0 Å². The van der Waals surface area contributed by atoms with Gasteiger partial charge >= 0.3 is 105 Å². The zero-order valence-electron chi connectivity index (χ0n) is 10.6. The van der Waals surface area contributed by atoms with Crippen LogP contribution in [-0.4, -0.2) is 70.7 Å². The molecule has 0 saturated heterocycles. The van der Waals surface area contributed by atoms with Crippen LogP contribution in [0.25, 0.3) is 0 Å². The first kappa shape index (κ1) is 27.5. The molecule has 22 heavy (non-hydrogen) atoms. The van der Waals surface area contributed by atoms with Crippen LogP contribution in [0, 0.1) is 0 Å². The third-order valence-corrected chi connectivity index (χ3v) is 3.94. The average molecular weight is 397 g/mol. The van der Waals surface area contributed by atoms with Crippen LogP contribution in [0.3, 0.4) is 0 Å². The Balaban J connectivity index is -0.000000223. The number of hydrogen-bond donors (Lipinski definition) is 0. The van der Waals surface area contributed by atoms with Crippen LogP contribution in [-0.2, 0) is 0.515 Å². The van der Waals surface area contributed by atoms with Crippen molar-refractivity contribution in [1.29, 1.82) is 0 Å². The van der Waals surface area contributed by atoms with Gasteiger partial charge in [-0.1, -0.05) is 0 Å². The van der Waals surface area contributed by atoms with E-state index in [0.717, 1.165) is 49.0 Å². The van der Waals surface area contributed by atoms with Gasteiger partial charge in [0.2, 0.25) is 0 Å². The first-order valence-electron chi connectivity index (χ1n) is 5.07. The van der Waals surface area contributed by atoms with Gasteiger partial charge < -0.3 is 51.8 Å². The molecule has 0 bridgehead atoms. The minimum absolute atomic E-state index is 0.998. The fraction of sp³-hybridized carbons (Fsp3) is 0.200. The molecule has 0 spiro atoms. The third-order valence-electron chi connectivity index (χ3n) is 0.929. The van der Waals surface area contributed by atoms with Crippen LogP contribution in [0.4, 0.5) is 51.8 Å². The maximum absolute atomic E-state index is 9.75. The number of halogens is 12. The molecule has 0 aliphatic heterocycles. The summed E-state index contributed by atoms with van der Waals surface area (Å²) in [6, 6.07) is 4.32. The number of hydrogen-bond acceptors (Lipinski definition) is 1. The quantitative estimate of drug-likeness (QED) is 0.445. The van der Waals surface area contributed by atoms with Gasteiger partial charge in [-0.15, -0.1) is 0 Å². The van der Waals surface area contributed by atoms with Gasteiger partial charge in [0.05, 0.1) is 0 Å². The van der Waals surface area contributed by atoms with E-state index in [1.807, 2.05) is 11.3 Å². The van der Waals surface area contributed by atoms with Gasteiger partial charge in [-0.05, 0) is 0 Å². The summed E-state index contributed by atoms with van der Waals surface area (Å²) in [5.74, 6) is 0. The van der Waals surface area contributed by atoms with Gasteiger partial charge in [-0.3, -0.25) is 0 Å². The van der Waals surface area contributed by atoms with E-state index in [-0.39, 0.29) is 0 Å². The predicted molar refractivity (Wildman–Crippen MR) is 64.3 cm³/mol. The fourth-order valence-corrected chi connectivity index (χ4v) is 2.32. The van der Waals surface area contributed by atoms with Crippen LogP contribution < -0.4 is 0 Å². The van der Waals surface area contributed by atoms with Crippen molar-refractivity contribution in [2.75, 3.05) is 0 Å². The molecule has 0 atom stereocenters. The van der Waals surface area contributed by atoms with Gasteiger partial charge in [-0.2, -0.15) is 0 Å². The van der Waals surface area contributed by atoms with Gasteiger partial charge in [0.15, 0.2) is 0 Å². The molecule has 128 valence electrons. The van der Waals surface area contributed by atoms with E-state index in [9.17, 15) is 51.8 Å². The molecule has 1 rings (SSSR count). The van der Waals surface area contributed by atoms with E-state index in [4.69, 9.17) is 0 Å². The molecule has 1 aromatic heterocycles. The van der Waals surface area contributed by atoms with Crippen LogP contribution in [0.2, 0.25) is 0 Å². The number of rotatable bonds is 1. The normalized spacial score (nSPS) is 11.2. The first-order valence-corrected chi connectivity index (χ1v) is 8.16. The van der Waals surface area contributed by atoms with Crippen LogP contribution >= 0.6 is 11.3 Å². The summed E-state index contributed by atoms with van der Waals surface area (Å²) in [6.07, 6.45) is 0. The third kappa shape index (κ3) is 85.4. The van der Waals surface area contributed by atoms with Gasteiger partial charge in [0, 0.05) is 0 Å². The second kappa shape index (κ2) is 13.0. The van der Waals surface area contributed by atoms with Crippen molar-refractivity contribution in [2.45, 2.75) is 0.515 Å². The van der Waals surface area contributed by atoms with Crippen LogP contribution in [0.15, 0.2) is 17.5 Å². The molecule has 0 saturated carbocycles. The van der Waals surface area contributed by atoms with Gasteiger partial charge in [0.1, 0.15) is 0 Å². The average Bonchev–Trinajstić information content (AvgIpc) is 2.60. The Morgan fingerprint density at radius 2 is 1.00 bits per heavy atom. The molecule has 1 heterocycles. The minimum atomic E-state index is -6.00. The summed E-state index contributed by atoms with van der Waals surface area (Å²) in [6.45, 7) is 0. The summed E-state index contributed by atoms with van der Waals surface area (Å²) < 4.78 is 118. The SMILES string of the molecule is F[B-](F)(F)F.F[B-](F)(F)F.F[B-](F)(F)F.[K][CH2]c1cccs1. The maximum atomic E-state index is 9.75. The molecular formula is C5H5B3F12KS-3. The second-order valence-corrected chi connectivity index (χ2v) is 5.05. The second-order valence-electron chi connectivity index (χ2n) is 2.92. The van der Waals surface area contributed by atoms with E-state index < -0.39 is 21.8 Å². The summed E-state index contributed by atoms with van der Waals surface area (Å²) in [5.41, 5.74) is 0. The van der Waals surface area contributed by atoms with E-state index in [0.29, 0.717) is 0 Å². The summed E-state index contributed by atoms with van der Waals surface area (Å²) in [7, 11) is -18.0. The Hall–Kier alpha value is 0.691.